The fourth-order valence-electron chi connectivity index (χ4n) is 3.25. The number of hydrogen-bond donors (Lipinski definition) is 0. The van der Waals surface area contributed by atoms with Gasteiger partial charge in [-0.3, -0.25) is 8.98 Å². The summed E-state index contributed by atoms with van der Waals surface area (Å²) in [5.41, 5.74) is 2.01. The second kappa shape index (κ2) is 9.02. The number of anilines is 1. The van der Waals surface area contributed by atoms with E-state index in [2.05, 4.69) is 32.2 Å². The number of carbonyl (C=O) groups is 1. The summed E-state index contributed by atoms with van der Waals surface area (Å²) in [6.45, 7) is 0.403. The minimum atomic E-state index is -3.50. The molecule has 1 amide bonds. The number of nitrogens with zero attached hydrogens (tertiary/aromatic N) is 1. The van der Waals surface area contributed by atoms with Gasteiger partial charge in [0.2, 0.25) is 0 Å². The van der Waals surface area contributed by atoms with Crippen LogP contribution in [0.3, 0.4) is 0 Å². The number of hydrogen-bond acceptors (Lipinski definition) is 6. The van der Waals surface area contributed by atoms with E-state index in [1.54, 1.807) is 29.2 Å². The standard InChI is InChI=1S/C22H22BrNO6S/c1-31(26,27)29-13-12-28-20-9-6-17(14-19(20)23)24-11-10-21(22(24)25)30-18-7-4-16(5-8-18)15-2-3-15/h4-10,14-15H,2-3,11-13H2,1H3. The van der Waals surface area contributed by atoms with E-state index in [1.165, 1.54) is 18.4 Å². The molecule has 1 aliphatic carbocycles. The van der Waals surface area contributed by atoms with Crippen LogP contribution < -0.4 is 14.4 Å². The summed E-state index contributed by atoms with van der Waals surface area (Å²) in [5, 5.41) is 0. The van der Waals surface area contributed by atoms with Gasteiger partial charge in [0.05, 0.1) is 10.7 Å². The fourth-order valence-corrected chi connectivity index (χ4v) is 4.10. The van der Waals surface area contributed by atoms with Crippen molar-refractivity contribution in [3.63, 3.8) is 0 Å². The zero-order valence-corrected chi connectivity index (χ0v) is 19.3. The molecule has 1 saturated carbocycles. The van der Waals surface area contributed by atoms with Crippen molar-refractivity contribution in [1.29, 1.82) is 0 Å². The van der Waals surface area contributed by atoms with E-state index in [4.69, 9.17) is 9.47 Å². The van der Waals surface area contributed by atoms with Gasteiger partial charge in [-0.2, -0.15) is 8.42 Å². The van der Waals surface area contributed by atoms with Crippen LogP contribution in [0.15, 0.2) is 58.8 Å². The summed E-state index contributed by atoms with van der Waals surface area (Å²) in [6.07, 6.45) is 5.23. The molecule has 164 valence electrons. The largest absolute Gasteiger partial charge is 0.490 e. The fraction of sp³-hybridized carbons (Fsp3) is 0.318. The average Bonchev–Trinajstić information content (AvgIpc) is 3.51. The highest BCUT2D eigenvalue weighted by molar-refractivity contribution is 9.10. The topological polar surface area (TPSA) is 82.1 Å². The molecular formula is C22H22BrNO6S. The van der Waals surface area contributed by atoms with Gasteiger partial charge in [0.15, 0.2) is 5.76 Å². The molecule has 2 aromatic carbocycles. The Morgan fingerprint density at radius 2 is 1.84 bits per heavy atom. The number of rotatable bonds is 9. The van der Waals surface area contributed by atoms with Crippen molar-refractivity contribution in [3.8, 4) is 11.5 Å². The van der Waals surface area contributed by atoms with Crippen LogP contribution in [0, 0.1) is 0 Å². The summed E-state index contributed by atoms with van der Waals surface area (Å²) >= 11 is 3.43. The van der Waals surface area contributed by atoms with Crippen molar-refractivity contribution in [2.45, 2.75) is 18.8 Å². The smallest absolute Gasteiger partial charge is 0.294 e. The molecule has 9 heteroatoms. The molecule has 0 saturated heterocycles. The Kier molecular flexibility index (Phi) is 6.36. The first-order valence-electron chi connectivity index (χ1n) is 9.87. The monoisotopic (exact) mass is 507 g/mol. The summed E-state index contributed by atoms with van der Waals surface area (Å²) in [5.74, 6) is 1.93. The molecule has 0 bridgehead atoms. The molecule has 2 aliphatic rings. The van der Waals surface area contributed by atoms with Gasteiger partial charge in [0.1, 0.15) is 24.7 Å². The van der Waals surface area contributed by atoms with Crippen LogP contribution in [-0.2, 0) is 19.1 Å². The molecule has 0 atom stereocenters. The molecule has 2 aromatic rings. The molecule has 31 heavy (non-hydrogen) atoms. The number of carbonyl (C=O) groups excluding carboxylic acids is 1. The molecule has 0 radical (unpaired) electrons. The lowest BCUT2D eigenvalue weighted by Crippen LogP contribution is -2.27. The van der Waals surface area contributed by atoms with Crippen molar-refractivity contribution in [2.24, 2.45) is 0 Å². The first-order valence-corrected chi connectivity index (χ1v) is 12.5. The molecule has 4 rings (SSSR count). The molecule has 1 aliphatic heterocycles. The maximum atomic E-state index is 12.8. The molecule has 0 N–H and O–H groups in total. The van der Waals surface area contributed by atoms with Crippen molar-refractivity contribution >= 4 is 37.6 Å². The zero-order chi connectivity index (χ0) is 22.0. The number of amides is 1. The molecule has 7 nitrogen and oxygen atoms in total. The van der Waals surface area contributed by atoms with Gasteiger partial charge < -0.3 is 14.4 Å². The van der Waals surface area contributed by atoms with Gasteiger partial charge in [0.25, 0.3) is 16.0 Å². The van der Waals surface area contributed by atoms with E-state index in [9.17, 15) is 13.2 Å². The van der Waals surface area contributed by atoms with Gasteiger partial charge >= 0.3 is 0 Å². The van der Waals surface area contributed by atoms with Gasteiger partial charge in [-0.05, 0) is 76.7 Å². The van der Waals surface area contributed by atoms with Crippen molar-refractivity contribution in [3.05, 3.63) is 64.3 Å². The minimum Gasteiger partial charge on any atom is -0.490 e. The molecule has 0 aromatic heterocycles. The maximum absolute atomic E-state index is 12.8. The minimum absolute atomic E-state index is 0.0761. The lowest BCUT2D eigenvalue weighted by molar-refractivity contribution is -0.116. The molecule has 0 spiro atoms. The van der Waals surface area contributed by atoms with E-state index in [0.29, 0.717) is 39.9 Å². The van der Waals surface area contributed by atoms with Crippen LogP contribution in [0.4, 0.5) is 5.69 Å². The first-order chi connectivity index (χ1) is 14.8. The van der Waals surface area contributed by atoms with Gasteiger partial charge in [-0.1, -0.05) is 12.1 Å². The highest BCUT2D eigenvalue weighted by atomic mass is 79.9. The van der Waals surface area contributed by atoms with E-state index >= 15 is 0 Å². The Labute approximate surface area is 189 Å². The molecular weight excluding hydrogens is 486 g/mol. The second-order valence-electron chi connectivity index (χ2n) is 7.42. The lowest BCUT2D eigenvalue weighted by Gasteiger charge is -2.18. The van der Waals surface area contributed by atoms with Crippen LogP contribution in [0.1, 0.15) is 24.3 Å². The molecule has 1 fully saturated rings. The third-order valence-corrected chi connectivity index (χ3v) is 6.15. The van der Waals surface area contributed by atoms with Crippen LogP contribution in [0.5, 0.6) is 11.5 Å². The van der Waals surface area contributed by atoms with Gasteiger partial charge in [-0.15, -0.1) is 0 Å². The van der Waals surface area contributed by atoms with E-state index in [1.807, 2.05) is 12.1 Å². The Morgan fingerprint density at radius 3 is 2.48 bits per heavy atom. The van der Waals surface area contributed by atoms with E-state index < -0.39 is 10.1 Å². The normalized spacial score (nSPS) is 16.4. The predicted octanol–water partition coefficient (Wildman–Crippen LogP) is 3.99. The summed E-state index contributed by atoms with van der Waals surface area (Å²) in [4.78, 5) is 14.4. The summed E-state index contributed by atoms with van der Waals surface area (Å²) < 4.78 is 38.6. The van der Waals surface area contributed by atoms with Gasteiger partial charge in [-0.25, -0.2) is 0 Å². The van der Waals surface area contributed by atoms with Gasteiger partial charge in [0, 0.05) is 12.2 Å². The Hall–Kier alpha value is -2.36. The number of halogens is 1. The third-order valence-electron chi connectivity index (χ3n) is 4.94. The molecule has 0 unspecified atom stereocenters. The van der Waals surface area contributed by atoms with Crippen LogP contribution in [0.2, 0.25) is 0 Å². The number of ether oxygens (including phenoxy) is 2. The summed E-state index contributed by atoms with van der Waals surface area (Å²) in [6, 6.07) is 13.2. The lowest BCUT2D eigenvalue weighted by atomic mass is 10.1. The van der Waals surface area contributed by atoms with Crippen molar-refractivity contribution in [1.82, 2.24) is 0 Å². The van der Waals surface area contributed by atoms with E-state index in [0.717, 1.165) is 6.26 Å². The third kappa shape index (κ3) is 5.66. The molecule has 1 heterocycles. The quantitative estimate of drug-likeness (QED) is 0.377. The van der Waals surface area contributed by atoms with E-state index in [-0.39, 0.29) is 19.1 Å². The number of benzene rings is 2. The highest BCUT2D eigenvalue weighted by Gasteiger charge is 2.28. The zero-order valence-electron chi connectivity index (χ0n) is 16.9. The second-order valence-corrected chi connectivity index (χ2v) is 9.92. The SMILES string of the molecule is CS(=O)(=O)OCCOc1ccc(N2CC=C(Oc3ccc(C4CC4)cc3)C2=O)cc1Br. The predicted molar refractivity (Wildman–Crippen MR) is 120 cm³/mol. The van der Waals surface area contributed by atoms with Crippen molar-refractivity contribution in [2.75, 3.05) is 30.9 Å². The highest BCUT2D eigenvalue weighted by Crippen LogP contribution is 2.40. The Morgan fingerprint density at radius 1 is 1.10 bits per heavy atom. The Bertz CT molecular complexity index is 1110. The average molecular weight is 508 g/mol. The van der Waals surface area contributed by atoms with Crippen molar-refractivity contribution < 1.29 is 26.9 Å². The Balaban J connectivity index is 1.34. The van der Waals surface area contributed by atoms with Crippen LogP contribution in [0.25, 0.3) is 0 Å². The van der Waals surface area contributed by atoms with Crippen LogP contribution in [-0.4, -0.2) is 40.3 Å². The first kappa shape index (κ1) is 21.9. The maximum Gasteiger partial charge on any atom is 0.294 e. The van der Waals surface area contributed by atoms with Crippen LogP contribution >= 0.6 is 15.9 Å². The summed E-state index contributed by atoms with van der Waals surface area (Å²) in [7, 11) is -3.50.